The van der Waals surface area contributed by atoms with Gasteiger partial charge in [-0.2, -0.15) is 0 Å². The highest BCUT2D eigenvalue weighted by Crippen LogP contribution is 2.18. The van der Waals surface area contributed by atoms with E-state index < -0.39 is 5.97 Å². The van der Waals surface area contributed by atoms with Gasteiger partial charge in [0.15, 0.2) is 0 Å². The van der Waals surface area contributed by atoms with Crippen molar-refractivity contribution in [2.45, 2.75) is 6.92 Å². The molecule has 4 heteroatoms. The van der Waals surface area contributed by atoms with Crippen molar-refractivity contribution in [1.29, 1.82) is 0 Å². The lowest BCUT2D eigenvalue weighted by molar-refractivity contribution is -0.136. The molecule has 0 amide bonds. The third-order valence-electron chi connectivity index (χ3n) is 2.39. The van der Waals surface area contributed by atoms with Crippen LogP contribution in [0.3, 0.4) is 0 Å². The smallest absolute Gasteiger partial charge is 0.367 e. The van der Waals surface area contributed by atoms with E-state index in [1.807, 2.05) is 12.1 Å². The van der Waals surface area contributed by atoms with Crippen molar-refractivity contribution in [3.63, 3.8) is 0 Å². The molecule has 0 fully saturated rings. The van der Waals surface area contributed by atoms with Crippen LogP contribution in [0.5, 0.6) is 5.75 Å². The quantitative estimate of drug-likeness (QED) is 0.462. The summed E-state index contributed by atoms with van der Waals surface area (Å²) in [5.41, 5.74) is 1.91. The second kappa shape index (κ2) is 5.19. The molecule has 0 aromatic heterocycles. The minimum absolute atomic E-state index is 0.235. The van der Waals surface area contributed by atoms with Crippen LogP contribution in [0.2, 0.25) is 0 Å². The number of carbonyl (C=O) groups excluding carboxylic acids is 1. The first-order valence-electron chi connectivity index (χ1n) is 5.35. The highest BCUT2D eigenvalue weighted by molar-refractivity contribution is 6.24. The fourth-order valence-electron chi connectivity index (χ4n) is 1.47. The third-order valence-corrected chi connectivity index (χ3v) is 2.39. The van der Waals surface area contributed by atoms with E-state index in [1.54, 1.807) is 25.1 Å². The first-order valence-corrected chi connectivity index (χ1v) is 5.35. The number of hydrogen-bond acceptors (Lipinski definition) is 4. The summed E-state index contributed by atoms with van der Waals surface area (Å²) in [6, 6.07) is 7.24. The van der Waals surface area contributed by atoms with E-state index in [2.05, 4.69) is 15.9 Å². The SMILES string of the molecule is C#CCOc1ccc(/C=C2/C(=O)ON=C2C)cc1. The van der Waals surface area contributed by atoms with Crippen LogP contribution >= 0.6 is 0 Å². The van der Waals surface area contributed by atoms with Gasteiger partial charge in [-0.05, 0) is 30.7 Å². The summed E-state index contributed by atoms with van der Waals surface area (Å²) in [4.78, 5) is 15.9. The van der Waals surface area contributed by atoms with Crippen molar-refractivity contribution in [2.75, 3.05) is 6.61 Å². The molecule has 0 unspecified atom stereocenters. The van der Waals surface area contributed by atoms with Gasteiger partial charge < -0.3 is 9.57 Å². The van der Waals surface area contributed by atoms with E-state index in [-0.39, 0.29) is 6.61 Å². The average Bonchev–Trinajstić information content (AvgIpc) is 2.70. The van der Waals surface area contributed by atoms with E-state index in [4.69, 9.17) is 11.2 Å². The Bertz CT molecular complexity index is 562. The van der Waals surface area contributed by atoms with E-state index >= 15 is 0 Å². The summed E-state index contributed by atoms with van der Waals surface area (Å²) in [6.07, 6.45) is 6.82. The molecule has 2 rings (SSSR count). The molecule has 1 aliphatic heterocycles. The number of ether oxygens (including phenoxy) is 1. The van der Waals surface area contributed by atoms with Gasteiger partial charge in [-0.1, -0.05) is 23.2 Å². The zero-order chi connectivity index (χ0) is 13.0. The van der Waals surface area contributed by atoms with E-state index in [1.165, 1.54) is 0 Å². The van der Waals surface area contributed by atoms with Gasteiger partial charge in [0, 0.05) is 0 Å². The second-order valence-corrected chi connectivity index (χ2v) is 3.68. The Morgan fingerprint density at radius 1 is 1.44 bits per heavy atom. The first-order chi connectivity index (χ1) is 8.70. The molecular weight excluding hydrogens is 230 g/mol. The zero-order valence-electron chi connectivity index (χ0n) is 9.84. The Balaban J connectivity index is 2.16. The molecule has 0 radical (unpaired) electrons. The van der Waals surface area contributed by atoms with Crippen LogP contribution in [0.4, 0.5) is 0 Å². The van der Waals surface area contributed by atoms with Gasteiger partial charge >= 0.3 is 5.97 Å². The Morgan fingerprint density at radius 2 is 2.17 bits per heavy atom. The van der Waals surface area contributed by atoms with Crippen LogP contribution in [-0.2, 0) is 9.63 Å². The molecule has 0 N–H and O–H groups in total. The van der Waals surface area contributed by atoms with Gasteiger partial charge in [0.1, 0.15) is 12.4 Å². The van der Waals surface area contributed by atoms with Gasteiger partial charge in [-0.25, -0.2) is 4.79 Å². The zero-order valence-corrected chi connectivity index (χ0v) is 9.84. The standard InChI is InChI=1S/C14H11NO3/c1-3-8-17-12-6-4-11(5-7-12)9-13-10(2)15-18-14(13)16/h1,4-7,9H,8H2,2H3/b13-9+. The Hall–Kier alpha value is -2.54. The van der Waals surface area contributed by atoms with Crippen molar-refractivity contribution in [3.05, 3.63) is 35.4 Å². The summed E-state index contributed by atoms with van der Waals surface area (Å²) >= 11 is 0. The van der Waals surface area contributed by atoms with Gasteiger partial charge in [-0.15, -0.1) is 6.42 Å². The van der Waals surface area contributed by atoms with Crippen LogP contribution in [0, 0.1) is 12.3 Å². The summed E-state index contributed by atoms with van der Waals surface area (Å²) in [6.45, 7) is 1.96. The summed E-state index contributed by atoms with van der Waals surface area (Å²) in [5, 5.41) is 3.60. The summed E-state index contributed by atoms with van der Waals surface area (Å²) < 4.78 is 5.25. The third kappa shape index (κ3) is 2.58. The van der Waals surface area contributed by atoms with Crippen molar-refractivity contribution in [1.82, 2.24) is 0 Å². The molecule has 0 bridgehead atoms. The predicted molar refractivity (Wildman–Crippen MR) is 67.9 cm³/mol. The highest BCUT2D eigenvalue weighted by Gasteiger charge is 2.21. The Labute approximate surface area is 105 Å². The normalized spacial score (nSPS) is 16.1. The molecule has 4 nitrogen and oxygen atoms in total. The van der Waals surface area contributed by atoms with Crippen molar-refractivity contribution in [3.8, 4) is 18.1 Å². The van der Waals surface area contributed by atoms with Crippen LogP contribution in [-0.4, -0.2) is 18.3 Å². The minimum atomic E-state index is -0.430. The van der Waals surface area contributed by atoms with Crippen LogP contribution in [0.15, 0.2) is 35.0 Å². The van der Waals surface area contributed by atoms with Crippen molar-refractivity contribution >= 4 is 17.8 Å². The van der Waals surface area contributed by atoms with Crippen molar-refractivity contribution < 1.29 is 14.4 Å². The van der Waals surface area contributed by atoms with Crippen LogP contribution in [0.1, 0.15) is 12.5 Å². The molecule has 1 aliphatic rings. The fraction of sp³-hybridized carbons (Fsp3) is 0.143. The Kier molecular flexibility index (Phi) is 3.44. The molecule has 1 aromatic carbocycles. The summed E-state index contributed by atoms with van der Waals surface area (Å²) in [5.74, 6) is 2.65. The van der Waals surface area contributed by atoms with Crippen molar-refractivity contribution in [2.24, 2.45) is 5.16 Å². The second-order valence-electron chi connectivity index (χ2n) is 3.68. The van der Waals surface area contributed by atoms with Gasteiger partial charge in [0.05, 0.1) is 11.3 Å². The topological polar surface area (TPSA) is 47.9 Å². The highest BCUT2D eigenvalue weighted by atomic mass is 16.7. The lowest BCUT2D eigenvalue weighted by atomic mass is 10.1. The van der Waals surface area contributed by atoms with E-state index in [9.17, 15) is 4.79 Å². The van der Waals surface area contributed by atoms with Crippen LogP contribution < -0.4 is 4.74 Å². The van der Waals surface area contributed by atoms with E-state index in [0.29, 0.717) is 17.0 Å². The molecule has 0 saturated heterocycles. The molecule has 0 saturated carbocycles. The molecule has 0 spiro atoms. The molecular formula is C14H11NO3. The largest absolute Gasteiger partial charge is 0.481 e. The molecule has 0 atom stereocenters. The first kappa shape index (κ1) is 11.9. The number of terminal acetylenes is 1. The maximum atomic E-state index is 11.3. The number of oxime groups is 1. The lowest BCUT2D eigenvalue weighted by Gasteiger charge is -2.02. The number of carbonyl (C=O) groups is 1. The molecule has 1 aromatic rings. The van der Waals surface area contributed by atoms with Gasteiger partial charge in [0.2, 0.25) is 0 Å². The maximum Gasteiger partial charge on any atom is 0.367 e. The van der Waals surface area contributed by atoms with Crippen LogP contribution in [0.25, 0.3) is 6.08 Å². The van der Waals surface area contributed by atoms with Gasteiger partial charge in [0.25, 0.3) is 0 Å². The molecule has 0 aliphatic carbocycles. The predicted octanol–water partition coefficient (Wildman–Crippen LogP) is 2.01. The lowest BCUT2D eigenvalue weighted by Crippen LogP contribution is -2.01. The average molecular weight is 241 g/mol. The minimum Gasteiger partial charge on any atom is -0.481 e. The fourth-order valence-corrected chi connectivity index (χ4v) is 1.47. The number of nitrogens with zero attached hydrogens (tertiary/aromatic N) is 1. The number of rotatable bonds is 3. The monoisotopic (exact) mass is 241 g/mol. The number of hydrogen-bond donors (Lipinski definition) is 0. The van der Waals surface area contributed by atoms with Gasteiger partial charge in [-0.3, -0.25) is 0 Å². The Morgan fingerprint density at radius 3 is 2.72 bits per heavy atom. The molecule has 1 heterocycles. The molecule has 18 heavy (non-hydrogen) atoms. The number of benzene rings is 1. The maximum absolute atomic E-state index is 11.3. The van der Waals surface area contributed by atoms with E-state index in [0.717, 1.165) is 5.56 Å². The summed E-state index contributed by atoms with van der Waals surface area (Å²) in [7, 11) is 0. The molecule has 90 valence electrons.